The second-order valence-corrected chi connectivity index (χ2v) is 3.71. The van der Waals surface area contributed by atoms with Crippen molar-refractivity contribution in [3.05, 3.63) is 23.4 Å². The number of ether oxygens (including phenoxy) is 1. The Balaban J connectivity index is 2.00. The molecule has 0 radical (unpaired) electrons. The van der Waals surface area contributed by atoms with Gasteiger partial charge in [0.05, 0.1) is 13.2 Å². The smallest absolute Gasteiger partial charge is 0.126 e. The summed E-state index contributed by atoms with van der Waals surface area (Å²) in [5.41, 5.74) is 7.99. The molecule has 0 amide bonds. The van der Waals surface area contributed by atoms with Crippen LogP contribution in [-0.4, -0.2) is 24.7 Å². The highest BCUT2D eigenvalue weighted by molar-refractivity contribution is 5.41. The topological polar surface area (TPSA) is 60.2 Å². The molecule has 0 unspecified atom stereocenters. The van der Waals surface area contributed by atoms with Crippen LogP contribution in [-0.2, 0) is 17.8 Å². The summed E-state index contributed by atoms with van der Waals surface area (Å²) in [5, 5.41) is 3.26. The number of nitrogens with zero attached hydrogens (tertiary/aromatic N) is 1. The van der Waals surface area contributed by atoms with E-state index >= 15 is 0 Å². The maximum Gasteiger partial charge on any atom is 0.126 e. The van der Waals surface area contributed by atoms with Crippen LogP contribution in [0.3, 0.4) is 0 Å². The third-order valence-electron chi connectivity index (χ3n) is 2.54. The predicted molar refractivity (Wildman–Crippen MR) is 59.8 cm³/mol. The van der Waals surface area contributed by atoms with E-state index in [1.54, 1.807) is 0 Å². The minimum Gasteiger partial charge on any atom is -0.376 e. The standard InChI is InChI=1S/C11H17N3O/c12-3-1-4-13-11-6-9-2-5-15-8-10(9)7-14-11/h6-7H,1-5,8,12H2,(H,13,14). The Hall–Kier alpha value is -1.13. The SMILES string of the molecule is NCCCNc1cc2c(cn1)COCC2. The average molecular weight is 207 g/mol. The van der Waals surface area contributed by atoms with Crippen LogP contribution in [0.5, 0.6) is 0 Å². The molecule has 4 nitrogen and oxygen atoms in total. The van der Waals surface area contributed by atoms with Gasteiger partial charge in [-0.3, -0.25) is 0 Å². The van der Waals surface area contributed by atoms with Crippen molar-refractivity contribution in [2.45, 2.75) is 19.4 Å². The largest absolute Gasteiger partial charge is 0.376 e. The van der Waals surface area contributed by atoms with Gasteiger partial charge in [-0.15, -0.1) is 0 Å². The van der Waals surface area contributed by atoms with Crippen molar-refractivity contribution in [3.63, 3.8) is 0 Å². The number of pyridine rings is 1. The molecule has 0 aromatic carbocycles. The van der Waals surface area contributed by atoms with Crippen molar-refractivity contribution in [3.8, 4) is 0 Å². The van der Waals surface area contributed by atoms with Crippen LogP contribution < -0.4 is 11.1 Å². The highest BCUT2D eigenvalue weighted by atomic mass is 16.5. The summed E-state index contributed by atoms with van der Waals surface area (Å²) < 4.78 is 5.36. The number of hydrogen-bond donors (Lipinski definition) is 2. The number of nitrogens with one attached hydrogen (secondary N) is 1. The molecule has 3 N–H and O–H groups in total. The van der Waals surface area contributed by atoms with Crippen molar-refractivity contribution in [2.75, 3.05) is 25.0 Å². The molecular formula is C11H17N3O. The maximum atomic E-state index is 5.43. The molecule has 1 aromatic heterocycles. The molecule has 82 valence electrons. The van der Waals surface area contributed by atoms with Crippen LogP contribution in [0.15, 0.2) is 12.3 Å². The molecule has 1 aliphatic rings. The fourth-order valence-electron chi connectivity index (χ4n) is 1.67. The normalized spacial score (nSPS) is 14.7. The molecule has 0 aliphatic carbocycles. The first-order chi connectivity index (χ1) is 7.40. The van der Waals surface area contributed by atoms with E-state index < -0.39 is 0 Å². The van der Waals surface area contributed by atoms with Gasteiger partial charge in [0.15, 0.2) is 0 Å². The number of hydrogen-bond acceptors (Lipinski definition) is 4. The van der Waals surface area contributed by atoms with Gasteiger partial charge in [-0.25, -0.2) is 4.98 Å². The zero-order valence-corrected chi connectivity index (χ0v) is 8.83. The van der Waals surface area contributed by atoms with Crippen LogP contribution in [0.2, 0.25) is 0 Å². The summed E-state index contributed by atoms with van der Waals surface area (Å²) in [5.74, 6) is 0.948. The van der Waals surface area contributed by atoms with Crippen molar-refractivity contribution in [1.29, 1.82) is 0 Å². The van der Waals surface area contributed by atoms with Crippen LogP contribution in [0.25, 0.3) is 0 Å². The van der Waals surface area contributed by atoms with Crippen LogP contribution in [0.1, 0.15) is 17.5 Å². The lowest BCUT2D eigenvalue weighted by Gasteiger charge is -2.16. The van der Waals surface area contributed by atoms with E-state index in [1.165, 1.54) is 11.1 Å². The number of rotatable bonds is 4. The molecule has 4 heteroatoms. The molecule has 0 fully saturated rings. The molecule has 1 aromatic rings. The number of anilines is 1. The molecule has 0 bridgehead atoms. The average Bonchev–Trinajstić information content (AvgIpc) is 2.29. The van der Waals surface area contributed by atoms with Gasteiger partial charge in [-0.1, -0.05) is 0 Å². The number of fused-ring (bicyclic) bond motifs is 1. The van der Waals surface area contributed by atoms with Crippen molar-refractivity contribution in [1.82, 2.24) is 4.98 Å². The fourth-order valence-corrected chi connectivity index (χ4v) is 1.67. The van der Waals surface area contributed by atoms with Gasteiger partial charge in [-0.05, 0) is 36.6 Å². The summed E-state index contributed by atoms with van der Waals surface area (Å²) in [6, 6.07) is 2.12. The van der Waals surface area contributed by atoms with E-state index in [2.05, 4.69) is 16.4 Å². The molecular weight excluding hydrogens is 190 g/mol. The number of nitrogens with two attached hydrogens (primary N) is 1. The Morgan fingerprint density at radius 3 is 3.27 bits per heavy atom. The molecule has 0 spiro atoms. The van der Waals surface area contributed by atoms with E-state index in [4.69, 9.17) is 10.5 Å². The second kappa shape index (κ2) is 5.09. The first kappa shape index (κ1) is 10.4. The summed E-state index contributed by atoms with van der Waals surface area (Å²) in [6.07, 6.45) is 3.87. The molecule has 2 rings (SSSR count). The number of aromatic nitrogens is 1. The third-order valence-corrected chi connectivity index (χ3v) is 2.54. The Morgan fingerprint density at radius 1 is 1.47 bits per heavy atom. The maximum absolute atomic E-state index is 5.43. The van der Waals surface area contributed by atoms with Gasteiger partial charge in [-0.2, -0.15) is 0 Å². The highest BCUT2D eigenvalue weighted by Gasteiger charge is 2.10. The summed E-state index contributed by atoms with van der Waals surface area (Å²) in [4.78, 5) is 4.33. The Kier molecular flexibility index (Phi) is 3.53. The first-order valence-electron chi connectivity index (χ1n) is 5.39. The molecule has 0 saturated carbocycles. The van der Waals surface area contributed by atoms with Crippen LogP contribution in [0.4, 0.5) is 5.82 Å². The second-order valence-electron chi connectivity index (χ2n) is 3.71. The van der Waals surface area contributed by atoms with Crippen molar-refractivity contribution < 1.29 is 4.74 Å². The fraction of sp³-hybridized carbons (Fsp3) is 0.545. The zero-order chi connectivity index (χ0) is 10.5. The predicted octanol–water partition coefficient (Wildman–Crippen LogP) is 0.915. The van der Waals surface area contributed by atoms with Crippen LogP contribution >= 0.6 is 0 Å². The molecule has 2 heterocycles. The van der Waals surface area contributed by atoms with E-state index in [1.807, 2.05) is 6.20 Å². The van der Waals surface area contributed by atoms with Gasteiger partial charge >= 0.3 is 0 Å². The van der Waals surface area contributed by atoms with Gasteiger partial charge in [0.2, 0.25) is 0 Å². The van der Waals surface area contributed by atoms with E-state index in [-0.39, 0.29) is 0 Å². The summed E-state index contributed by atoms with van der Waals surface area (Å²) >= 11 is 0. The van der Waals surface area contributed by atoms with Gasteiger partial charge in [0.1, 0.15) is 5.82 Å². The minimum absolute atomic E-state index is 0.700. The van der Waals surface area contributed by atoms with Gasteiger partial charge in [0.25, 0.3) is 0 Å². The minimum atomic E-state index is 0.700. The highest BCUT2D eigenvalue weighted by Crippen LogP contribution is 2.18. The van der Waals surface area contributed by atoms with E-state index in [0.717, 1.165) is 31.8 Å². The molecule has 15 heavy (non-hydrogen) atoms. The summed E-state index contributed by atoms with van der Waals surface area (Å²) in [6.45, 7) is 3.12. The van der Waals surface area contributed by atoms with E-state index in [9.17, 15) is 0 Å². The van der Waals surface area contributed by atoms with Crippen molar-refractivity contribution >= 4 is 5.82 Å². The van der Waals surface area contributed by atoms with E-state index in [0.29, 0.717) is 13.2 Å². The molecule has 0 saturated heterocycles. The van der Waals surface area contributed by atoms with Gasteiger partial charge < -0.3 is 15.8 Å². The Bertz CT molecular complexity index is 328. The quantitative estimate of drug-likeness (QED) is 0.721. The lowest BCUT2D eigenvalue weighted by molar-refractivity contribution is 0.110. The Morgan fingerprint density at radius 2 is 2.40 bits per heavy atom. The monoisotopic (exact) mass is 207 g/mol. The third kappa shape index (κ3) is 2.67. The van der Waals surface area contributed by atoms with Crippen LogP contribution in [0, 0.1) is 0 Å². The molecule has 0 atom stereocenters. The van der Waals surface area contributed by atoms with Crippen molar-refractivity contribution in [2.24, 2.45) is 5.73 Å². The first-order valence-corrected chi connectivity index (χ1v) is 5.39. The lowest BCUT2D eigenvalue weighted by Crippen LogP contribution is -2.13. The zero-order valence-electron chi connectivity index (χ0n) is 8.83. The summed E-state index contributed by atoms with van der Waals surface area (Å²) in [7, 11) is 0. The Labute approximate surface area is 89.8 Å². The lowest BCUT2D eigenvalue weighted by atomic mass is 10.1. The van der Waals surface area contributed by atoms with Gasteiger partial charge in [0, 0.05) is 12.7 Å². The molecule has 1 aliphatic heterocycles.